The van der Waals surface area contributed by atoms with Gasteiger partial charge in [-0.3, -0.25) is 4.79 Å². The van der Waals surface area contributed by atoms with Crippen molar-refractivity contribution in [3.8, 4) is 0 Å². The van der Waals surface area contributed by atoms with E-state index in [4.69, 9.17) is 5.73 Å². The molecule has 0 spiro atoms. The van der Waals surface area contributed by atoms with Crippen LogP contribution >= 0.6 is 0 Å². The first-order chi connectivity index (χ1) is 7.08. The van der Waals surface area contributed by atoms with Crippen LogP contribution in [0.1, 0.15) is 25.5 Å². The fourth-order valence-electron chi connectivity index (χ4n) is 1.38. The summed E-state index contributed by atoms with van der Waals surface area (Å²) in [6, 6.07) is 0. The second kappa shape index (κ2) is 3.30. The zero-order valence-electron chi connectivity index (χ0n) is 8.48. The smallest absolute Gasteiger partial charge is 0.268 e. The van der Waals surface area contributed by atoms with Crippen LogP contribution in [-0.2, 0) is 0 Å². The molecule has 2 aromatic rings. The molecule has 6 nitrogen and oxygen atoms in total. The minimum atomic E-state index is -0.296. The summed E-state index contributed by atoms with van der Waals surface area (Å²) in [7, 11) is 0. The van der Waals surface area contributed by atoms with E-state index in [2.05, 4.69) is 19.9 Å². The Morgan fingerprint density at radius 1 is 1.40 bits per heavy atom. The Morgan fingerprint density at radius 3 is 2.80 bits per heavy atom. The number of aromatic nitrogens is 4. The molecule has 0 unspecified atom stereocenters. The molecule has 0 fully saturated rings. The molecule has 0 atom stereocenters. The van der Waals surface area contributed by atoms with Crippen LogP contribution in [0.3, 0.4) is 0 Å². The third-order valence-electron chi connectivity index (χ3n) is 2.03. The van der Waals surface area contributed by atoms with Crippen LogP contribution in [0.2, 0.25) is 0 Å². The summed E-state index contributed by atoms with van der Waals surface area (Å²) >= 11 is 0. The Balaban J connectivity index is 2.86. The first-order valence-electron chi connectivity index (χ1n) is 4.60. The number of nitrogen functional groups attached to an aromatic ring is 1. The maximum atomic E-state index is 11.1. The van der Waals surface area contributed by atoms with Gasteiger partial charge in [-0.25, -0.2) is 9.97 Å². The van der Waals surface area contributed by atoms with Crippen LogP contribution in [0.4, 0.5) is 5.95 Å². The average molecular weight is 205 g/mol. The molecule has 0 aliphatic carbocycles. The number of anilines is 1. The maximum absolute atomic E-state index is 11.1. The lowest BCUT2D eigenvalue weighted by molar-refractivity contribution is 0.825. The van der Waals surface area contributed by atoms with Crippen molar-refractivity contribution in [2.75, 3.05) is 5.73 Å². The Labute approximate surface area is 85.6 Å². The zero-order valence-corrected chi connectivity index (χ0v) is 8.48. The van der Waals surface area contributed by atoms with Crippen molar-refractivity contribution in [2.24, 2.45) is 0 Å². The maximum Gasteiger partial charge on any atom is 0.268 e. The van der Waals surface area contributed by atoms with E-state index < -0.39 is 0 Å². The Morgan fingerprint density at radius 2 is 2.13 bits per heavy atom. The molecule has 78 valence electrons. The van der Waals surface area contributed by atoms with Crippen molar-refractivity contribution in [3.63, 3.8) is 0 Å². The SMILES string of the molecule is CC(C)c1nc(N)nc2[nH]c(=O)cnc12. The summed E-state index contributed by atoms with van der Waals surface area (Å²) in [6.45, 7) is 3.96. The zero-order chi connectivity index (χ0) is 11.0. The number of nitrogens with one attached hydrogen (secondary N) is 1. The van der Waals surface area contributed by atoms with Gasteiger partial charge in [-0.15, -0.1) is 0 Å². The van der Waals surface area contributed by atoms with E-state index in [1.54, 1.807) is 0 Å². The highest BCUT2D eigenvalue weighted by Gasteiger charge is 2.11. The third-order valence-corrected chi connectivity index (χ3v) is 2.03. The van der Waals surface area contributed by atoms with Crippen molar-refractivity contribution in [2.45, 2.75) is 19.8 Å². The van der Waals surface area contributed by atoms with Gasteiger partial charge < -0.3 is 10.7 Å². The normalized spacial score (nSPS) is 11.1. The molecule has 0 aliphatic heterocycles. The lowest BCUT2D eigenvalue weighted by atomic mass is 10.1. The van der Waals surface area contributed by atoms with Gasteiger partial charge >= 0.3 is 0 Å². The number of nitrogens with zero attached hydrogens (tertiary/aromatic N) is 3. The molecule has 0 bridgehead atoms. The topological polar surface area (TPSA) is 97.5 Å². The van der Waals surface area contributed by atoms with Crippen LogP contribution in [0, 0.1) is 0 Å². The molecule has 6 heteroatoms. The minimum Gasteiger partial charge on any atom is -0.368 e. The molecular formula is C9H11N5O. The fraction of sp³-hybridized carbons (Fsp3) is 0.333. The van der Waals surface area contributed by atoms with Crippen LogP contribution < -0.4 is 11.3 Å². The minimum absolute atomic E-state index is 0.148. The number of hydrogen-bond donors (Lipinski definition) is 2. The predicted octanol–water partition coefficient (Wildman–Crippen LogP) is 0.419. The first-order valence-corrected chi connectivity index (χ1v) is 4.60. The summed E-state index contributed by atoms with van der Waals surface area (Å²) in [6.07, 6.45) is 1.22. The van der Waals surface area contributed by atoms with Gasteiger partial charge in [0.2, 0.25) is 5.95 Å². The van der Waals surface area contributed by atoms with Crippen LogP contribution in [-0.4, -0.2) is 19.9 Å². The molecule has 0 radical (unpaired) electrons. The van der Waals surface area contributed by atoms with Gasteiger partial charge in [-0.1, -0.05) is 13.8 Å². The Bertz CT molecular complexity index is 560. The first kappa shape index (κ1) is 9.57. The van der Waals surface area contributed by atoms with E-state index in [1.165, 1.54) is 6.20 Å². The van der Waals surface area contributed by atoms with Gasteiger partial charge in [0.05, 0.1) is 11.9 Å². The second-order valence-corrected chi connectivity index (χ2v) is 3.57. The number of rotatable bonds is 1. The van der Waals surface area contributed by atoms with Crippen LogP contribution in [0.15, 0.2) is 11.0 Å². The van der Waals surface area contributed by atoms with Crippen molar-refractivity contribution in [1.82, 2.24) is 19.9 Å². The highest BCUT2D eigenvalue weighted by atomic mass is 16.1. The van der Waals surface area contributed by atoms with Gasteiger partial charge in [0.25, 0.3) is 5.56 Å². The monoisotopic (exact) mass is 205 g/mol. The van der Waals surface area contributed by atoms with Crippen LogP contribution in [0.25, 0.3) is 11.2 Å². The molecule has 0 amide bonds. The summed E-state index contributed by atoms with van der Waals surface area (Å²) in [5.74, 6) is 0.325. The van der Waals surface area contributed by atoms with E-state index in [0.29, 0.717) is 11.2 Å². The largest absolute Gasteiger partial charge is 0.368 e. The number of fused-ring (bicyclic) bond motifs is 1. The highest BCUT2D eigenvalue weighted by molar-refractivity contribution is 5.73. The van der Waals surface area contributed by atoms with E-state index in [0.717, 1.165) is 5.69 Å². The number of nitrogens with two attached hydrogens (primary N) is 1. The molecule has 0 aromatic carbocycles. The van der Waals surface area contributed by atoms with E-state index >= 15 is 0 Å². The molecular weight excluding hydrogens is 194 g/mol. The molecule has 0 saturated carbocycles. The number of hydrogen-bond acceptors (Lipinski definition) is 5. The lowest BCUT2D eigenvalue weighted by Crippen LogP contribution is -2.11. The van der Waals surface area contributed by atoms with Gasteiger partial charge in [0, 0.05) is 0 Å². The molecule has 0 aliphatic rings. The van der Waals surface area contributed by atoms with Crippen molar-refractivity contribution >= 4 is 17.1 Å². The summed E-state index contributed by atoms with van der Waals surface area (Å²) < 4.78 is 0. The Kier molecular flexibility index (Phi) is 2.11. The number of aromatic amines is 1. The molecule has 2 heterocycles. The third kappa shape index (κ3) is 1.65. The second-order valence-electron chi connectivity index (χ2n) is 3.57. The van der Waals surface area contributed by atoms with E-state index in [9.17, 15) is 4.79 Å². The van der Waals surface area contributed by atoms with Gasteiger partial charge in [0.15, 0.2) is 5.65 Å². The molecule has 3 N–H and O–H groups in total. The van der Waals surface area contributed by atoms with Crippen molar-refractivity contribution in [1.29, 1.82) is 0 Å². The Hall–Kier alpha value is -1.98. The molecule has 2 rings (SSSR count). The molecule has 0 saturated heterocycles. The predicted molar refractivity (Wildman–Crippen MR) is 56.5 cm³/mol. The van der Waals surface area contributed by atoms with E-state index in [1.807, 2.05) is 13.8 Å². The average Bonchev–Trinajstić information content (AvgIpc) is 2.15. The standard InChI is InChI=1S/C9H11N5O/c1-4(2)6-7-8(14-9(10)13-6)12-5(15)3-11-7/h3-4H,1-2H3,(H3,10,12,13,14,15). The number of H-pyrrole nitrogens is 1. The van der Waals surface area contributed by atoms with Gasteiger partial charge in [0.1, 0.15) is 5.52 Å². The van der Waals surface area contributed by atoms with Crippen molar-refractivity contribution in [3.05, 3.63) is 22.2 Å². The van der Waals surface area contributed by atoms with Gasteiger partial charge in [-0.2, -0.15) is 4.98 Å². The van der Waals surface area contributed by atoms with Gasteiger partial charge in [-0.05, 0) is 5.92 Å². The summed E-state index contributed by atoms with van der Waals surface area (Å²) in [5, 5.41) is 0. The van der Waals surface area contributed by atoms with E-state index in [-0.39, 0.29) is 17.4 Å². The summed E-state index contributed by atoms with van der Waals surface area (Å²) in [5.41, 5.74) is 6.97. The molecule has 2 aromatic heterocycles. The fourth-order valence-corrected chi connectivity index (χ4v) is 1.38. The summed E-state index contributed by atoms with van der Waals surface area (Å²) in [4.78, 5) is 25.7. The van der Waals surface area contributed by atoms with Crippen LogP contribution in [0.5, 0.6) is 0 Å². The molecule has 15 heavy (non-hydrogen) atoms. The quantitative estimate of drug-likeness (QED) is 0.703. The highest BCUT2D eigenvalue weighted by Crippen LogP contribution is 2.18. The lowest BCUT2D eigenvalue weighted by Gasteiger charge is -2.07. The van der Waals surface area contributed by atoms with Crippen molar-refractivity contribution < 1.29 is 0 Å².